The molecule has 0 aromatic heterocycles. The van der Waals surface area contributed by atoms with Crippen LogP contribution < -0.4 is 4.90 Å². The summed E-state index contributed by atoms with van der Waals surface area (Å²) < 4.78 is 24.6. The van der Waals surface area contributed by atoms with Gasteiger partial charge in [0.25, 0.3) is 0 Å². The molecule has 30 heavy (non-hydrogen) atoms. The molecular weight excluding hydrogens is 416 g/mol. The highest BCUT2D eigenvalue weighted by Crippen LogP contribution is 2.43. The molecule has 2 atom stereocenters. The summed E-state index contributed by atoms with van der Waals surface area (Å²) in [5, 5.41) is 0.543. The maximum atomic E-state index is 12.7. The van der Waals surface area contributed by atoms with Crippen molar-refractivity contribution >= 4 is 38.4 Å². The Morgan fingerprint density at radius 1 is 1.10 bits per heavy atom. The number of hydrogen-bond acceptors (Lipinski definition) is 4. The molecule has 5 nitrogen and oxygen atoms in total. The number of anilines is 1. The molecule has 2 fully saturated rings. The highest BCUT2D eigenvalue weighted by atomic mass is 32.2. The van der Waals surface area contributed by atoms with Crippen molar-refractivity contribution in [3.63, 3.8) is 0 Å². The van der Waals surface area contributed by atoms with E-state index in [1.807, 2.05) is 53.4 Å². The van der Waals surface area contributed by atoms with E-state index in [0.29, 0.717) is 18.0 Å². The lowest BCUT2D eigenvalue weighted by Crippen LogP contribution is -2.38. The standard InChI is InChI=1S/C23H26N2O3S2/c1-16(2)18-10-6-7-11-19(18)25-20-14-30(27,28)15-21(20)29-23(25)24-22(26)13-12-17-8-4-3-5-9-17/h3-11,16,20-21H,12-15H2,1-2H3/t20-,21-/m0/s1. The van der Waals surface area contributed by atoms with Gasteiger partial charge in [0.2, 0.25) is 5.91 Å². The fourth-order valence-electron chi connectivity index (χ4n) is 4.10. The third kappa shape index (κ3) is 4.47. The molecule has 0 radical (unpaired) electrons. The maximum absolute atomic E-state index is 12.7. The molecule has 2 aliphatic rings. The van der Waals surface area contributed by atoms with Crippen molar-refractivity contribution < 1.29 is 13.2 Å². The number of rotatable bonds is 5. The largest absolute Gasteiger partial charge is 0.315 e. The van der Waals surface area contributed by atoms with Crippen LogP contribution in [0.4, 0.5) is 5.69 Å². The van der Waals surface area contributed by atoms with E-state index in [2.05, 4.69) is 24.9 Å². The van der Waals surface area contributed by atoms with Gasteiger partial charge in [-0.2, -0.15) is 4.99 Å². The number of sulfone groups is 1. The Morgan fingerprint density at radius 2 is 1.80 bits per heavy atom. The lowest BCUT2D eigenvalue weighted by molar-refractivity contribution is -0.117. The van der Waals surface area contributed by atoms with Gasteiger partial charge >= 0.3 is 0 Å². The summed E-state index contributed by atoms with van der Waals surface area (Å²) in [6, 6.07) is 17.7. The third-order valence-corrected chi connectivity index (χ3v) is 8.79. The Bertz CT molecular complexity index is 1060. The Labute approximate surface area is 182 Å². The van der Waals surface area contributed by atoms with Gasteiger partial charge in [-0.1, -0.05) is 74.1 Å². The third-order valence-electron chi connectivity index (χ3n) is 5.58. The van der Waals surface area contributed by atoms with Crippen molar-refractivity contribution in [2.45, 2.75) is 43.9 Å². The molecule has 0 unspecified atom stereocenters. The lowest BCUT2D eigenvalue weighted by atomic mass is 9.99. The molecule has 0 spiro atoms. The van der Waals surface area contributed by atoms with Crippen molar-refractivity contribution in [2.24, 2.45) is 4.99 Å². The number of benzene rings is 2. The summed E-state index contributed by atoms with van der Waals surface area (Å²) in [5.74, 6) is 0.350. The van der Waals surface area contributed by atoms with Gasteiger partial charge in [0, 0.05) is 17.4 Å². The number of carbonyl (C=O) groups is 1. The summed E-state index contributed by atoms with van der Waals surface area (Å²) in [6.45, 7) is 4.24. The molecule has 2 saturated heterocycles. The van der Waals surface area contributed by atoms with Crippen LogP contribution in [-0.4, -0.2) is 42.3 Å². The summed E-state index contributed by atoms with van der Waals surface area (Å²) in [4.78, 5) is 19.1. The van der Waals surface area contributed by atoms with E-state index >= 15 is 0 Å². The first-order chi connectivity index (χ1) is 14.3. The Morgan fingerprint density at radius 3 is 2.53 bits per heavy atom. The van der Waals surface area contributed by atoms with Crippen LogP contribution in [0, 0.1) is 0 Å². The highest BCUT2D eigenvalue weighted by molar-refractivity contribution is 8.16. The topological polar surface area (TPSA) is 66.8 Å². The van der Waals surface area contributed by atoms with Crippen molar-refractivity contribution in [3.05, 3.63) is 65.7 Å². The van der Waals surface area contributed by atoms with Gasteiger partial charge in [0.15, 0.2) is 15.0 Å². The van der Waals surface area contributed by atoms with Gasteiger partial charge in [-0.15, -0.1) is 0 Å². The quantitative estimate of drug-likeness (QED) is 0.699. The van der Waals surface area contributed by atoms with E-state index in [1.165, 1.54) is 11.8 Å². The molecule has 0 bridgehead atoms. The summed E-state index contributed by atoms with van der Waals surface area (Å²) in [6.07, 6.45) is 0.978. The number of nitrogens with zero attached hydrogens (tertiary/aromatic N) is 2. The molecule has 0 N–H and O–H groups in total. The zero-order valence-corrected chi connectivity index (χ0v) is 18.8. The van der Waals surface area contributed by atoms with E-state index in [0.717, 1.165) is 16.8 Å². The Balaban J connectivity index is 1.63. The van der Waals surface area contributed by atoms with Crippen molar-refractivity contribution in [3.8, 4) is 0 Å². The molecule has 2 aromatic rings. The van der Waals surface area contributed by atoms with E-state index in [9.17, 15) is 13.2 Å². The number of amidine groups is 1. The van der Waals surface area contributed by atoms with Crippen LogP contribution in [0.5, 0.6) is 0 Å². The Hall–Kier alpha value is -2.12. The molecule has 2 aliphatic heterocycles. The Kier molecular flexibility index (Phi) is 6.02. The van der Waals surface area contributed by atoms with E-state index in [4.69, 9.17) is 0 Å². The number of amides is 1. The van der Waals surface area contributed by atoms with Crippen LogP contribution >= 0.6 is 11.8 Å². The number of hydrogen-bond donors (Lipinski definition) is 0. The molecule has 158 valence electrons. The van der Waals surface area contributed by atoms with Gasteiger partial charge in [0.1, 0.15) is 0 Å². The number of fused-ring (bicyclic) bond motifs is 1. The second-order valence-corrected chi connectivity index (χ2v) is 11.5. The van der Waals surface area contributed by atoms with Gasteiger partial charge in [0.05, 0.1) is 17.5 Å². The summed E-state index contributed by atoms with van der Waals surface area (Å²) in [7, 11) is -3.08. The predicted octanol–water partition coefficient (Wildman–Crippen LogP) is 4.04. The van der Waals surface area contributed by atoms with Crippen LogP contribution in [0.15, 0.2) is 59.6 Å². The summed E-state index contributed by atoms with van der Waals surface area (Å²) >= 11 is 1.43. The SMILES string of the molecule is CC(C)c1ccccc1N1C(=NC(=O)CCc2ccccc2)S[C@H]2CS(=O)(=O)C[C@@H]21. The van der Waals surface area contributed by atoms with Gasteiger partial charge < -0.3 is 4.90 Å². The second kappa shape index (κ2) is 8.55. The zero-order chi connectivity index (χ0) is 21.3. The molecule has 4 rings (SSSR count). The first-order valence-corrected chi connectivity index (χ1v) is 12.9. The average molecular weight is 443 g/mol. The molecule has 7 heteroatoms. The number of aryl methyl sites for hydroxylation is 1. The zero-order valence-electron chi connectivity index (χ0n) is 17.2. The van der Waals surface area contributed by atoms with Crippen LogP contribution in [0.3, 0.4) is 0 Å². The lowest BCUT2D eigenvalue weighted by Gasteiger charge is -2.28. The monoisotopic (exact) mass is 442 g/mol. The minimum absolute atomic E-state index is 0.0871. The first kappa shape index (κ1) is 21.1. The summed E-state index contributed by atoms with van der Waals surface area (Å²) in [5.41, 5.74) is 3.20. The van der Waals surface area contributed by atoms with Gasteiger partial charge in [-0.05, 0) is 29.5 Å². The smallest absolute Gasteiger partial charge is 0.248 e. The fraction of sp³-hybridized carbons (Fsp3) is 0.391. The normalized spacial score (nSPS) is 23.8. The van der Waals surface area contributed by atoms with E-state index in [-0.39, 0.29) is 34.6 Å². The van der Waals surface area contributed by atoms with Crippen LogP contribution in [-0.2, 0) is 21.1 Å². The number of aliphatic imine (C=N–C) groups is 1. The predicted molar refractivity (Wildman–Crippen MR) is 124 cm³/mol. The van der Waals surface area contributed by atoms with E-state index in [1.54, 1.807) is 0 Å². The molecular formula is C23H26N2O3S2. The number of para-hydroxylation sites is 1. The first-order valence-electron chi connectivity index (χ1n) is 10.2. The molecule has 0 saturated carbocycles. The number of carbonyl (C=O) groups excluding carboxylic acids is 1. The highest BCUT2D eigenvalue weighted by Gasteiger charge is 2.49. The molecule has 2 aromatic carbocycles. The van der Waals surface area contributed by atoms with Gasteiger partial charge in [-0.25, -0.2) is 8.42 Å². The van der Waals surface area contributed by atoms with Gasteiger partial charge in [-0.3, -0.25) is 4.79 Å². The average Bonchev–Trinajstić information content (AvgIpc) is 3.17. The van der Waals surface area contributed by atoms with Crippen LogP contribution in [0.1, 0.15) is 37.3 Å². The maximum Gasteiger partial charge on any atom is 0.248 e. The van der Waals surface area contributed by atoms with Crippen LogP contribution in [0.25, 0.3) is 0 Å². The van der Waals surface area contributed by atoms with Crippen LogP contribution in [0.2, 0.25) is 0 Å². The van der Waals surface area contributed by atoms with Crippen molar-refractivity contribution in [2.75, 3.05) is 16.4 Å². The van der Waals surface area contributed by atoms with Crippen molar-refractivity contribution in [1.82, 2.24) is 0 Å². The minimum atomic E-state index is -3.08. The molecule has 0 aliphatic carbocycles. The molecule has 1 amide bonds. The fourth-order valence-corrected chi connectivity index (χ4v) is 8.02. The minimum Gasteiger partial charge on any atom is -0.315 e. The van der Waals surface area contributed by atoms with Crippen molar-refractivity contribution in [1.29, 1.82) is 0 Å². The number of thioether (sulfide) groups is 1. The second-order valence-electron chi connectivity index (χ2n) is 8.16. The molecule has 2 heterocycles. The van der Waals surface area contributed by atoms with E-state index < -0.39 is 9.84 Å².